The SMILES string of the molecule is Cc1ccc2[nH]cc(-c3cc(N)nn3C)c2c1. The lowest BCUT2D eigenvalue weighted by Crippen LogP contribution is -1.94. The minimum Gasteiger partial charge on any atom is -0.382 e. The average Bonchev–Trinajstić information content (AvgIpc) is 2.81. The van der Waals surface area contributed by atoms with Crippen molar-refractivity contribution in [1.29, 1.82) is 0 Å². The van der Waals surface area contributed by atoms with Gasteiger partial charge in [0.25, 0.3) is 0 Å². The molecule has 0 saturated heterocycles. The van der Waals surface area contributed by atoms with Gasteiger partial charge in [0.15, 0.2) is 0 Å². The van der Waals surface area contributed by atoms with Gasteiger partial charge in [-0.15, -0.1) is 0 Å². The fourth-order valence-corrected chi connectivity index (χ4v) is 2.19. The third-order valence-electron chi connectivity index (χ3n) is 3.01. The van der Waals surface area contributed by atoms with Gasteiger partial charge in [-0.1, -0.05) is 11.6 Å². The predicted molar refractivity (Wildman–Crippen MR) is 69.7 cm³/mol. The molecular formula is C13H14N4. The Bertz CT molecular complexity index is 691. The van der Waals surface area contributed by atoms with E-state index in [1.165, 1.54) is 10.9 Å². The number of nitrogens with one attached hydrogen (secondary N) is 1. The molecule has 2 heterocycles. The maximum Gasteiger partial charge on any atom is 0.146 e. The lowest BCUT2D eigenvalue weighted by atomic mass is 10.1. The molecule has 3 rings (SSSR count). The number of H-pyrrole nitrogens is 1. The van der Waals surface area contributed by atoms with Crippen LogP contribution >= 0.6 is 0 Å². The molecule has 86 valence electrons. The van der Waals surface area contributed by atoms with Gasteiger partial charge in [-0.3, -0.25) is 4.68 Å². The Morgan fingerprint density at radius 1 is 1.29 bits per heavy atom. The first kappa shape index (κ1) is 9.96. The van der Waals surface area contributed by atoms with Crippen molar-refractivity contribution in [2.45, 2.75) is 6.92 Å². The molecule has 0 bridgehead atoms. The molecule has 3 aromatic rings. The summed E-state index contributed by atoms with van der Waals surface area (Å²) in [7, 11) is 1.90. The van der Waals surface area contributed by atoms with Crippen molar-refractivity contribution in [1.82, 2.24) is 14.8 Å². The van der Waals surface area contributed by atoms with E-state index >= 15 is 0 Å². The molecular weight excluding hydrogens is 212 g/mol. The van der Waals surface area contributed by atoms with Crippen molar-refractivity contribution in [2.75, 3.05) is 5.73 Å². The van der Waals surface area contributed by atoms with Gasteiger partial charge in [-0.2, -0.15) is 5.10 Å². The Balaban J connectivity index is 2.30. The molecule has 17 heavy (non-hydrogen) atoms. The predicted octanol–water partition coefficient (Wildman–Crippen LogP) is 2.46. The molecule has 0 aliphatic rings. The smallest absolute Gasteiger partial charge is 0.146 e. The van der Waals surface area contributed by atoms with Gasteiger partial charge in [0.2, 0.25) is 0 Å². The van der Waals surface area contributed by atoms with Crippen LogP contribution in [0.1, 0.15) is 5.56 Å². The van der Waals surface area contributed by atoms with Crippen molar-refractivity contribution in [3.8, 4) is 11.3 Å². The molecule has 0 atom stereocenters. The first-order valence-electron chi connectivity index (χ1n) is 5.53. The van der Waals surface area contributed by atoms with E-state index in [9.17, 15) is 0 Å². The summed E-state index contributed by atoms with van der Waals surface area (Å²) in [4.78, 5) is 3.27. The lowest BCUT2D eigenvalue weighted by molar-refractivity contribution is 0.781. The number of hydrogen-bond donors (Lipinski definition) is 2. The maximum absolute atomic E-state index is 5.72. The zero-order valence-corrected chi connectivity index (χ0v) is 9.86. The number of nitrogen functional groups attached to an aromatic ring is 1. The molecule has 4 nitrogen and oxygen atoms in total. The number of hydrogen-bond acceptors (Lipinski definition) is 2. The van der Waals surface area contributed by atoms with Crippen LogP contribution in [0.4, 0.5) is 5.82 Å². The number of aromatic nitrogens is 3. The standard InChI is InChI=1S/C13H14N4/c1-8-3-4-11-9(5-8)10(7-15-11)12-6-13(14)16-17(12)2/h3-7,15H,1-2H3,(H2,14,16). The second-order valence-electron chi connectivity index (χ2n) is 4.33. The van der Waals surface area contributed by atoms with E-state index in [1.54, 1.807) is 4.68 Å². The monoisotopic (exact) mass is 226 g/mol. The minimum absolute atomic E-state index is 0.546. The van der Waals surface area contributed by atoms with Crippen LogP contribution in [-0.2, 0) is 7.05 Å². The van der Waals surface area contributed by atoms with Crippen LogP contribution in [0.5, 0.6) is 0 Å². The fourth-order valence-electron chi connectivity index (χ4n) is 2.19. The number of nitrogens with two attached hydrogens (primary N) is 1. The Kier molecular flexibility index (Phi) is 1.98. The largest absolute Gasteiger partial charge is 0.382 e. The number of benzene rings is 1. The van der Waals surface area contributed by atoms with E-state index in [-0.39, 0.29) is 0 Å². The van der Waals surface area contributed by atoms with E-state index in [0.717, 1.165) is 16.8 Å². The van der Waals surface area contributed by atoms with Crippen molar-refractivity contribution < 1.29 is 0 Å². The van der Waals surface area contributed by atoms with Gasteiger partial charge >= 0.3 is 0 Å². The highest BCUT2D eigenvalue weighted by Gasteiger charge is 2.10. The number of aromatic amines is 1. The highest BCUT2D eigenvalue weighted by atomic mass is 15.3. The molecule has 0 amide bonds. The molecule has 0 unspecified atom stereocenters. The maximum atomic E-state index is 5.72. The molecule has 4 heteroatoms. The number of fused-ring (bicyclic) bond motifs is 1. The highest BCUT2D eigenvalue weighted by Crippen LogP contribution is 2.29. The number of nitrogens with zero attached hydrogens (tertiary/aromatic N) is 2. The molecule has 0 spiro atoms. The van der Waals surface area contributed by atoms with E-state index in [1.807, 2.05) is 19.3 Å². The van der Waals surface area contributed by atoms with Crippen molar-refractivity contribution in [3.63, 3.8) is 0 Å². The van der Waals surface area contributed by atoms with Gasteiger partial charge in [0, 0.05) is 35.8 Å². The summed E-state index contributed by atoms with van der Waals surface area (Å²) in [6.45, 7) is 2.09. The minimum atomic E-state index is 0.546. The topological polar surface area (TPSA) is 59.6 Å². The average molecular weight is 226 g/mol. The Labute approximate surface area is 99.1 Å². The van der Waals surface area contributed by atoms with Crippen molar-refractivity contribution in [3.05, 3.63) is 36.0 Å². The second kappa shape index (κ2) is 3.38. The second-order valence-corrected chi connectivity index (χ2v) is 4.33. The first-order valence-corrected chi connectivity index (χ1v) is 5.53. The summed E-state index contributed by atoms with van der Waals surface area (Å²) in [5.41, 5.74) is 10.3. The molecule has 0 fully saturated rings. The summed E-state index contributed by atoms with van der Waals surface area (Å²) in [6, 6.07) is 8.25. The fraction of sp³-hybridized carbons (Fsp3) is 0.154. The molecule has 0 aliphatic carbocycles. The normalized spacial score (nSPS) is 11.2. The van der Waals surface area contributed by atoms with E-state index in [0.29, 0.717) is 5.82 Å². The van der Waals surface area contributed by atoms with E-state index < -0.39 is 0 Å². The van der Waals surface area contributed by atoms with Crippen LogP contribution in [0.25, 0.3) is 22.2 Å². The summed E-state index contributed by atoms with van der Waals surface area (Å²) in [6.07, 6.45) is 2.00. The van der Waals surface area contributed by atoms with E-state index in [4.69, 9.17) is 5.73 Å². The van der Waals surface area contributed by atoms with Gasteiger partial charge < -0.3 is 10.7 Å². The number of anilines is 1. The number of aryl methyl sites for hydroxylation is 2. The summed E-state index contributed by atoms with van der Waals surface area (Å²) >= 11 is 0. The first-order chi connectivity index (χ1) is 8.15. The van der Waals surface area contributed by atoms with Crippen molar-refractivity contribution in [2.24, 2.45) is 7.05 Å². The van der Waals surface area contributed by atoms with E-state index in [2.05, 4.69) is 35.2 Å². The van der Waals surface area contributed by atoms with Crippen LogP contribution < -0.4 is 5.73 Å². The van der Waals surface area contributed by atoms with Crippen LogP contribution in [-0.4, -0.2) is 14.8 Å². The molecule has 2 aromatic heterocycles. The zero-order chi connectivity index (χ0) is 12.0. The van der Waals surface area contributed by atoms with Crippen molar-refractivity contribution >= 4 is 16.7 Å². The molecule has 3 N–H and O–H groups in total. The van der Waals surface area contributed by atoms with Crippen LogP contribution in [0, 0.1) is 6.92 Å². The zero-order valence-electron chi connectivity index (χ0n) is 9.86. The quantitative estimate of drug-likeness (QED) is 0.669. The van der Waals surface area contributed by atoms with Gasteiger partial charge in [-0.05, 0) is 19.1 Å². The third kappa shape index (κ3) is 1.49. The molecule has 1 aromatic carbocycles. The highest BCUT2D eigenvalue weighted by molar-refractivity contribution is 5.95. The molecule has 0 radical (unpaired) electrons. The van der Waals surface area contributed by atoms with Gasteiger partial charge in [0.05, 0.1) is 5.69 Å². The van der Waals surface area contributed by atoms with Crippen LogP contribution in [0.3, 0.4) is 0 Å². The summed E-state index contributed by atoms with van der Waals surface area (Å²) in [5, 5.41) is 5.38. The van der Waals surface area contributed by atoms with Crippen LogP contribution in [0.2, 0.25) is 0 Å². The number of rotatable bonds is 1. The van der Waals surface area contributed by atoms with Crippen LogP contribution in [0.15, 0.2) is 30.5 Å². The Morgan fingerprint density at radius 3 is 2.82 bits per heavy atom. The van der Waals surface area contributed by atoms with Gasteiger partial charge in [-0.25, -0.2) is 0 Å². The molecule has 0 aliphatic heterocycles. The van der Waals surface area contributed by atoms with Gasteiger partial charge in [0.1, 0.15) is 5.82 Å². The lowest BCUT2D eigenvalue weighted by Gasteiger charge is -2.00. The molecule has 0 saturated carbocycles. The Hall–Kier alpha value is -2.23. The Morgan fingerprint density at radius 2 is 2.12 bits per heavy atom. The summed E-state index contributed by atoms with van der Waals surface area (Å²) < 4.78 is 1.81. The summed E-state index contributed by atoms with van der Waals surface area (Å²) in [5.74, 6) is 0.546. The third-order valence-corrected chi connectivity index (χ3v) is 3.01.